The molecule has 0 aromatic carbocycles. The molecule has 0 radical (unpaired) electrons. The molecule has 49 heavy (non-hydrogen) atoms. The van der Waals surface area contributed by atoms with E-state index in [1.54, 1.807) is 0 Å². The third kappa shape index (κ3) is 35.3. The van der Waals surface area contributed by atoms with E-state index in [9.17, 15) is 20.1 Å². The summed E-state index contributed by atoms with van der Waals surface area (Å²) >= 11 is 0. The minimum Gasteiger partial charge on any atom is -0.394 e. The lowest BCUT2D eigenvalue weighted by Crippen LogP contribution is -2.50. The van der Waals surface area contributed by atoms with Crippen molar-refractivity contribution in [2.45, 2.75) is 257 Å². The van der Waals surface area contributed by atoms with Crippen molar-refractivity contribution in [2.24, 2.45) is 0 Å². The van der Waals surface area contributed by atoms with Crippen LogP contribution < -0.4 is 5.32 Å². The summed E-state index contributed by atoms with van der Waals surface area (Å²) in [4.78, 5) is 12.4. The van der Waals surface area contributed by atoms with Gasteiger partial charge in [-0.15, -0.1) is 0 Å². The Morgan fingerprint density at radius 2 is 0.816 bits per heavy atom. The van der Waals surface area contributed by atoms with Crippen LogP contribution in [0.25, 0.3) is 0 Å². The molecule has 0 bridgehead atoms. The SMILES string of the molecule is CCCCCCCCCCCCCC/C=C/CCCC(O)C(O)C(CO)NC(=O)CCCCCCCCCCCCCCCCCCCC. The zero-order valence-electron chi connectivity index (χ0n) is 33.1. The van der Waals surface area contributed by atoms with Crippen LogP contribution in [0, 0.1) is 0 Å². The molecule has 5 nitrogen and oxygen atoms in total. The predicted octanol–water partition coefficient (Wildman–Crippen LogP) is 12.4. The van der Waals surface area contributed by atoms with Gasteiger partial charge in [0.25, 0.3) is 0 Å². The molecule has 4 N–H and O–H groups in total. The van der Waals surface area contributed by atoms with Crippen LogP contribution in [0.15, 0.2) is 12.2 Å². The van der Waals surface area contributed by atoms with E-state index in [0.29, 0.717) is 12.8 Å². The minimum atomic E-state index is -1.15. The molecule has 0 heterocycles. The van der Waals surface area contributed by atoms with Crippen LogP contribution in [0.3, 0.4) is 0 Å². The quantitative estimate of drug-likeness (QED) is 0.0380. The van der Waals surface area contributed by atoms with Crippen molar-refractivity contribution in [3.63, 3.8) is 0 Å². The van der Waals surface area contributed by atoms with E-state index in [2.05, 4.69) is 31.3 Å². The zero-order valence-corrected chi connectivity index (χ0v) is 33.1. The first kappa shape index (κ1) is 48.1. The van der Waals surface area contributed by atoms with E-state index >= 15 is 0 Å². The number of aliphatic hydroxyl groups excluding tert-OH is 3. The number of carbonyl (C=O) groups excluding carboxylic acids is 1. The van der Waals surface area contributed by atoms with E-state index in [1.807, 2.05) is 0 Å². The van der Waals surface area contributed by atoms with Crippen LogP contribution in [-0.4, -0.2) is 46.1 Å². The zero-order chi connectivity index (χ0) is 35.9. The van der Waals surface area contributed by atoms with Gasteiger partial charge in [-0.25, -0.2) is 0 Å². The van der Waals surface area contributed by atoms with Crippen molar-refractivity contribution < 1.29 is 20.1 Å². The van der Waals surface area contributed by atoms with E-state index in [-0.39, 0.29) is 12.5 Å². The molecule has 3 unspecified atom stereocenters. The Hall–Kier alpha value is -0.910. The summed E-state index contributed by atoms with van der Waals surface area (Å²) in [5.41, 5.74) is 0. The van der Waals surface area contributed by atoms with E-state index < -0.39 is 18.2 Å². The molecule has 1 amide bonds. The highest BCUT2D eigenvalue weighted by atomic mass is 16.3. The number of allylic oxidation sites excluding steroid dienone is 2. The van der Waals surface area contributed by atoms with Gasteiger partial charge in [-0.3, -0.25) is 4.79 Å². The molecule has 0 aromatic heterocycles. The highest BCUT2D eigenvalue weighted by Gasteiger charge is 2.26. The van der Waals surface area contributed by atoms with Gasteiger partial charge < -0.3 is 20.6 Å². The number of rotatable bonds is 40. The van der Waals surface area contributed by atoms with E-state index in [4.69, 9.17) is 0 Å². The monoisotopic (exact) mass is 694 g/mol. The average Bonchev–Trinajstić information content (AvgIpc) is 3.10. The second-order valence-corrected chi connectivity index (χ2v) is 15.3. The molecule has 3 atom stereocenters. The Morgan fingerprint density at radius 3 is 1.18 bits per heavy atom. The highest BCUT2D eigenvalue weighted by Crippen LogP contribution is 2.16. The number of unbranched alkanes of at least 4 members (excludes halogenated alkanes) is 30. The molecule has 0 aliphatic carbocycles. The first-order chi connectivity index (χ1) is 24.1. The van der Waals surface area contributed by atoms with Gasteiger partial charge in [-0.1, -0.05) is 206 Å². The first-order valence-electron chi connectivity index (χ1n) is 22.0. The predicted molar refractivity (Wildman–Crippen MR) is 213 cm³/mol. The molecule has 0 aliphatic heterocycles. The van der Waals surface area contributed by atoms with Crippen LogP contribution in [0.2, 0.25) is 0 Å². The number of nitrogens with one attached hydrogen (secondary N) is 1. The summed E-state index contributed by atoms with van der Waals surface area (Å²) in [6.07, 6.45) is 46.0. The van der Waals surface area contributed by atoms with Crippen LogP contribution in [0.4, 0.5) is 0 Å². The van der Waals surface area contributed by atoms with Crippen LogP contribution in [0.5, 0.6) is 0 Å². The molecule has 5 heteroatoms. The van der Waals surface area contributed by atoms with Gasteiger partial charge in [-0.2, -0.15) is 0 Å². The number of hydrogen-bond acceptors (Lipinski definition) is 4. The summed E-state index contributed by atoms with van der Waals surface area (Å²) in [5, 5.41) is 33.5. The summed E-state index contributed by atoms with van der Waals surface area (Å²) in [6, 6.07) is -0.820. The van der Waals surface area contributed by atoms with Crippen molar-refractivity contribution >= 4 is 5.91 Å². The largest absolute Gasteiger partial charge is 0.394 e. The summed E-state index contributed by atoms with van der Waals surface area (Å²) in [5.74, 6) is -0.150. The fourth-order valence-electron chi connectivity index (χ4n) is 6.93. The standard InChI is InChI=1S/C44H87NO4/c1-3-5-7-9-11-13-15-17-19-21-23-25-27-29-31-33-35-37-39-43(48)45-41(40-46)44(49)42(47)38-36-34-32-30-28-26-24-22-20-18-16-14-12-10-8-6-4-2/h30,32,41-42,44,46-47,49H,3-29,31,33-40H2,1-2H3,(H,45,48)/b32-30+. The third-order valence-corrected chi connectivity index (χ3v) is 10.4. The Balaban J connectivity index is 3.64. The third-order valence-electron chi connectivity index (χ3n) is 10.4. The Labute approximate surface area is 306 Å². The van der Waals surface area contributed by atoms with Crippen molar-refractivity contribution in [1.82, 2.24) is 5.32 Å². The average molecular weight is 694 g/mol. The number of carbonyl (C=O) groups is 1. The molecule has 0 aliphatic rings. The van der Waals surface area contributed by atoms with Gasteiger partial charge in [0, 0.05) is 6.42 Å². The first-order valence-corrected chi connectivity index (χ1v) is 22.0. The fraction of sp³-hybridized carbons (Fsp3) is 0.932. The van der Waals surface area contributed by atoms with Crippen molar-refractivity contribution in [3.8, 4) is 0 Å². The highest BCUT2D eigenvalue weighted by molar-refractivity contribution is 5.76. The Morgan fingerprint density at radius 1 is 0.490 bits per heavy atom. The van der Waals surface area contributed by atoms with Crippen molar-refractivity contribution in [1.29, 1.82) is 0 Å². The van der Waals surface area contributed by atoms with E-state index in [1.165, 1.54) is 173 Å². The molecule has 0 fully saturated rings. The van der Waals surface area contributed by atoms with Gasteiger partial charge in [0.15, 0.2) is 0 Å². The van der Waals surface area contributed by atoms with Gasteiger partial charge in [-0.05, 0) is 38.5 Å². The van der Waals surface area contributed by atoms with E-state index in [0.717, 1.165) is 38.5 Å². The molecule has 0 saturated heterocycles. The second-order valence-electron chi connectivity index (χ2n) is 15.3. The van der Waals surface area contributed by atoms with Crippen LogP contribution >= 0.6 is 0 Å². The Kier molecular flexibility index (Phi) is 39.1. The van der Waals surface area contributed by atoms with Gasteiger partial charge in [0.05, 0.1) is 18.8 Å². The number of amides is 1. The van der Waals surface area contributed by atoms with Gasteiger partial charge >= 0.3 is 0 Å². The molecule has 0 aromatic rings. The minimum absolute atomic E-state index is 0.150. The normalized spacial score (nSPS) is 13.7. The summed E-state index contributed by atoms with van der Waals surface area (Å²) in [7, 11) is 0. The maximum atomic E-state index is 12.4. The maximum Gasteiger partial charge on any atom is 0.220 e. The molecule has 0 rings (SSSR count). The summed E-state index contributed by atoms with van der Waals surface area (Å²) < 4.78 is 0. The lowest BCUT2D eigenvalue weighted by molar-refractivity contribution is -0.124. The molecular formula is C44H87NO4. The maximum absolute atomic E-state index is 12.4. The van der Waals surface area contributed by atoms with Gasteiger partial charge in [0.2, 0.25) is 5.91 Å². The van der Waals surface area contributed by atoms with Crippen molar-refractivity contribution in [2.75, 3.05) is 6.61 Å². The molecule has 0 saturated carbocycles. The van der Waals surface area contributed by atoms with Gasteiger partial charge in [0.1, 0.15) is 6.10 Å². The smallest absolute Gasteiger partial charge is 0.220 e. The molecule has 0 spiro atoms. The second kappa shape index (κ2) is 39.9. The fourth-order valence-corrected chi connectivity index (χ4v) is 6.93. The van der Waals surface area contributed by atoms with Crippen LogP contribution in [-0.2, 0) is 4.79 Å². The number of hydrogen-bond donors (Lipinski definition) is 4. The number of aliphatic hydroxyl groups is 3. The topological polar surface area (TPSA) is 89.8 Å². The molecule has 292 valence electrons. The summed E-state index contributed by atoms with van der Waals surface area (Å²) in [6.45, 7) is 4.18. The lowest BCUT2D eigenvalue weighted by Gasteiger charge is -2.26. The Bertz CT molecular complexity index is 684. The molecular weight excluding hydrogens is 606 g/mol. The van der Waals surface area contributed by atoms with Crippen molar-refractivity contribution in [3.05, 3.63) is 12.2 Å². The van der Waals surface area contributed by atoms with Crippen LogP contribution in [0.1, 0.15) is 239 Å². The lowest BCUT2D eigenvalue weighted by atomic mass is 10.0.